The van der Waals surface area contributed by atoms with Gasteiger partial charge in [-0.1, -0.05) is 19.1 Å². The largest absolute Gasteiger partial charge is 0.508 e. The number of rotatable bonds is 5. The Labute approximate surface area is 149 Å². The SMILES string of the molecule is CC(CN1C[C@H]2CC(Oc3cccnc3)C[C@H]2C1)c1ccc(O)cc1. The molecule has 2 unspecified atom stereocenters. The number of likely N-dealkylation sites (tertiary alicyclic amines) is 1. The first-order valence-electron chi connectivity index (χ1n) is 9.25. The van der Waals surface area contributed by atoms with E-state index in [0.29, 0.717) is 17.8 Å². The Balaban J connectivity index is 1.28. The van der Waals surface area contributed by atoms with Gasteiger partial charge in [0.1, 0.15) is 11.5 Å². The lowest BCUT2D eigenvalue weighted by atomic mass is 10.0. The van der Waals surface area contributed by atoms with Gasteiger partial charge < -0.3 is 14.7 Å². The molecule has 4 heteroatoms. The van der Waals surface area contributed by atoms with Crippen LogP contribution in [0.2, 0.25) is 0 Å². The smallest absolute Gasteiger partial charge is 0.137 e. The number of nitrogens with zero attached hydrogens (tertiary/aromatic N) is 2. The second kappa shape index (κ2) is 7.04. The van der Waals surface area contributed by atoms with Gasteiger partial charge in [0, 0.05) is 25.8 Å². The second-order valence-corrected chi connectivity index (χ2v) is 7.63. The van der Waals surface area contributed by atoms with E-state index < -0.39 is 0 Å². The zero-order valence-electron chi connectivity index (χ0n) is 14.7. The number of fused-ring (bicyclic) bond motifs is 1. The van der Waals surface area contributed by atoms with Crippen LogP contribution in [0.4, 0.5) is 0 Å². The molecule has 25 heavy (non-hydrogen) atoms. The van der Waals surface area contributed by atoms with Gasteiger partial charge in [-0.15, -0.1) is 0 Å². The van der Waals surface area contributed by atoms with E-state index >= 15 is 0 Å². The van der Waals surface area contributed by atoms with E-state index in [1.165, 1.54) is 18.7 Å². The maximum Gasteiger partial charge on any atom is 0.137 e. The number of aromatic nitrogens is 1. The number of benzene rings is 1. The monoisotopic (exact) mass is 338 g/mol. The van der Waals surface area contributed by atoms with Gasteiger partial charge in [0.25, 0.3) is 0 Å². The van der Waals surface area contributed by atoms with E-state index in [4.69, 9.17) is 4.74 Å². The molecule has 132 valence electrons. The lowest BCUT2D eigenvalue weighted by Gasteiger charge is -2.23. The Morgan fingerprint density at radius 3 is 2.52 bits per heavy atom. The zero-order chi connectivity index (χ0) is 17.2. The van der Waals surface area contributed by atoms with E-state index in [1.54, 1.807) is 24.5 Å². The lowest BCUT2D eigenvalue weighted by molar-refractivity contribution is 0.184. The second-order valence-electron chi connectivity index (χ2n) is 7.63. The van der Waals surface area contributed by atoms with Crippen molar-refractivity contribution in [3.05, 3.63) is 54.4 Å². The molecule has 2 heterocycles. The minimum atomic E-state index is 0.339. The average Bonchev–Trinajstić information content (AvgIpc) is 3.14. The molecule has 4 rings (SSSR count). The normalized spacial score (nSPS) is 27.2. The average molecular weight is 338 g/mol. The molecule has 1 aromatic carbocycles. The van der Waals surface area contributed by atoms with Crippen molar-refractivity contribution in [3.63, 3.8) is 0 Å². The van der Waals surface area contributed by atoms with Gasteiger partial charge in [-0.05, 0) is 60.4 Å². The molecule has 2 aliphatic rings. The van der Waals surface area contributed by atoms with E-state index in [0.717, 1.165) is 37.0 Å². The molecule has 0 bridgehead atoms. The topological polar surface area (TPSA) is 45.6 Å². The molecule has 1 saturated heterocycles. The molecular formula is C21H26N2O2. The number of phenols is 1. The maximum absolute atomic E-state index is 9.44. The molecule has 1 aromatic heterocycles. The maximum atomic E-state index is 9.44. The van der Waals surface area contributed by atoms with E-state index in [2.05, 4.69) is 16.8 Å². The third-order valence-electron chi connectivity index (χ3n) is 5.71. The molecule has 0 spiro atoms. The van der Waals surface area contributed by atoms with Gasteiger partial charge in [0.2, 0.25) is 0 Å². The van der Waals surface area contributed by atoms with Crippen molar-refractivity contribution in [2.24, 2.45) is 11.8 Å². The summed E-state index contributed by atoms with van der Waals surface area (Å²) in [4.78, 5) is 6.73. The summed E-state index contributed by atoms with van der Waals surface area (Å²) in [5.41, 5.74) is 1.30. The Morgan fingerprint density at radius 1 is 1.16 bits per heavy atom. The van der Waals surface area contributed by atoms with Crippen LogP contribution in [0.1, 0.15) is 31.2 Å². The molecule has 2 fully saturated rings. The molecular weight excluding hydrogens is 312 g/mol. The summed E-state index contributed by atoms with van der Waals surface area (Å²) in [5.74, 6) is 3.24. The minimum absolute atomic E-state index is 0.339. The fourth-order valence-corrected chi connectivity index (χ4v) is 4.49. The molecule has 1 aliphatic carbocycles. The predicted octanol–water partition coefficient (Wildman–Crippen LogP) is 3.68. The molecule has 0 radical (unpaired) electrons. The van der Waals surface area contributed by atoms with Crippen LogP contribution in [0.5, 0.6) is 11.5 Å². The first kappa shape index (κ1) is 16.4. The van der Waals surface area contributed by atoms with Crippen molar-refractivity contribution < 1.29 is 9.84 Å². The van der Waals surface area contributed by atoms with Crippen LogP contribution in [-0.4, -0.2) is 40.7 Å². The van der Waals surface area contributed by atoms with Gasteiger partial charge >= 0.3 is 0 Å². The van der Waals surface area contributed by atoms with Crippen molar-refractivity contribution >= 4 is 0 Å². The number of hydrogen-bond donors (Lipinski definition) is 1. The van der Waals surface area contributed by atoms with E-state index in [9.17, 15) is 5.11 Å². The van der Waals surface area contributed by atoms with Crippen molar-refractivity contribution in [1.29, 1.82) is 0 Å². The highest BCUT2D eigenvalue weighted by Crippen LogP contribution is 2.40. The zero-order valence-corrected chi connectivity index (χ0v) is 14.7. The first-order valence-corrected chi connectivity index (χ1v) is 9.25. The van der Waals surface area contributed by atoms with Crippen LogP contribution < -0.4 is 4.74 Å². The fraction of sp³-hybridized carbons (Fsp3) is 0.476. The van der Waals surface area contributed by atoms with Crippen molar-refractivity contribution in [1.82, 2.24) is 9.88 Å². The van der Waals surface area contributed by atoms with Crippen LogP contribution in [-0.2, 0) is 0 Å². The predicted molar refractivity (Wildman–Crippen MR) is 97.8 cm³/mol. The highest BCUT2D eigenvalue weighted by molar-refractivity contribution is 5.28. The molecule has 0 amide bonds. The van der Waals surface area contributed by atoms with Crippen molar-refractivity contribution in [2.75, 3.05) is 19.6 Å². The summed E-state index contributed by atoms with van der Waals surface area (Å²) >= 11 is 0. The Hall–Kier alpha value is -2.07. The lowest BCUT2D eigenvalue weighted by Crippen LogP contribution is -2.28. The summed E-state index contributed by atoms with van der Waals surface area (Å²) in [6.07, 6.45) is 6.24. The highest BCUT2D eigenvalue weighted by atomic mass is 16.5. The van der Waals surface area contributed by atoms with Gasteiger partial charge in [-0.2, -0.15) is 0 Å². The highest BCUT2D eigenvalue weighted by Gasteiger charge is 2.41. The number of ether oxygens (including phenoxy) is 1. The van der Waals surface area contributed by atoms with Crippen LogP contribution >= 0.6 is 0 Å². The van der Waals surface area contributed by atoms with Crippen LogP contribution in [0.25, 0.3) is 0 Å². The minimum Gasteiger partial charge on any atom is -0.508 e. The van der Waals surface area contributed by atoms with Crippen molar-refractivity contribution in [2.45, 2.75) is 31.8 Å². The van der Waals surface area contributed by atoms with E-state index in [1.807, 2.05) is 24.3 Å². The van der Waals surface area contributed by atoms with Gasteiger partial charge in [0.05, 0.1) is 12.3 Å². The van der Waals surface area contributed by atoms with Gasteiger partial charge in [-0.25, -0.2) is 0 Å². The van der Waals surface area contributed by atoms with Gasteiger partial charge in [0.15, 0.2) is 0 Å². The van der Waals surface area contributed by atoms with E-state index in [-0.39, 0.29) is 0 Å². The van der Waals surface area contributed by atoms with Gasteiger partial charge in [-0.3, -0.25) is 4.98 Å². The summed E-state index contributed by atoms with van der Waals surface area (Å²) in [7, 11) is 0. The van der Waals surface area contributed by atoms with Crippen LogP contribution in [0.3, 0.4) is 0 Å². The number of pyridine rings is 1. The first-order chi connectivity index (χ1) is 12.2. The molecule has 4 nitrogen and oxygen atoms in total. The summed E-state index contributed by atoms with van der Waals surface area (Å²) in [6, 6.07) is 11.6. The quantitative estimate of drug-likeness (QED) is 0.903. The third-order valence-corrected chi connectivity index (χ3v) is 5.71. The Bertz CT molecular complexity index is 675. The Morgan fingerprint density at radius 2 is 1.88 bits per heavy atom. The fourth-order valence-electron chi connectivity index (χ4n) is 4.49. The van der Waals surface area contributed by atoms with Crippen LogP contribution in [0.15, 0.2) is 48.8 Å². The number of hydrogen-bond acceptors (Lipinski definition) is 4. The molecule has 1 saturated carbocycles. The standard InChI is InChI=1S/C21H26N2O2/c1-15(16-4-6-19(24)7-5-16)12-23-13-17-9-21(10-18(17)14-23)25-20-3-2-8-22-11-20/h2-8,11,15,17-18,21,24H,9-10,12-14H2,1H3/t15?,17-,18+,21?. The molecule has 1 aliphatic heterocycles. The Kier molecular flexibility index (Phi) is 4.62. The van der Waals surface area contributed by atoms with Crippen molar-refractivity contribution in [3.8, 4) is 11.5 Å². The number of phenolic OH excluding ortho intramolecular Hbond substituents is 1. The summed E-state index contributed by atoms with van der Waals surface area (Å²) < 4.78 is 6.10. The summed E-state index contributed by atoms with van der Waals surface area (Å²) in [5, 5.41) is 9.44. The third kappa shape index (κ3) is 3.79. The summed E-state index contributed by atoms with van der Waals surface area (Å²) in [6.45, 7) is 5.72. The number of aromatic hydroxyl groups is 1. The molecule has 1 N–H and O–H groups in total. The molecule has 4 atom stereocenters. The molecule has 2 aromatic rings. The van der Waals surface area contributed by atoms with Crippen LogP contribution in [0, 0.1) is 11.8 Å².